The van der Waals surface area contributed by atoms with E-state index in [2.05, 4.69) is 15.3 Å². The number of benzene rings is 1. The summed E-state index contributed by atoms with van der Waals surface area (Å²) in [4.78, 5) is 28.6. The molecular weight excluding hydrogens is 482 g/mol. The number of alkyl halides is 3. The van der Waals surface area contributed by atoms with Crippen molar-refractivity contribution in [1.82, 2.24) is 15.3 Å². The van der Waals surface area contributed by atoms with Gasteiger partial charge < -0.3 is 15.4 Å². The number of carboxylic acids is 1. The zero-order valence-corrected chi connectivity index (χ0v) is 18.2. The van der Waals surface area contributed by atoms with Crippen LogP contribution in [0.2, 0.25) is 10.0 Å². The fourth-order valence-electron chi connectivity index (χ4n) is 2.97. The van der Waals surface area contributed by atoms with E-state index in [0.29, 0.717) is 22.2 Å². The first-order chi connectivity index (χ1) is 15.5. The van der Waals surface area contributed by atoms with Crippen molar-refractivity contribution in [3.8, 4) is 11.3 Å². The number of carbonyl (C=O) groups is 2. The van der Waals surface area contributed by atoms with Crippen molar-refractivity contribution >= 4 is 47.2 Å². The molecule has 0 fully saturated rings. The number of carbonyl (C=O) groups excluding carboxylic acids is 1. The van der Waals surface area contributed by atoms with Gasteiger partial charge >= 0.3 is 12.1 Å². The van der Waals surface area contributed by atoms with Crippen LogP contribution in [0.4, 0.5) is 13.2 Å². The van der Waals surface area contributed by atoms with Gasteiger partial charge in [-0.05, 0) is 48.0 Å². The van der Waals surface area contributed by atoms with Crippen LogP contribution in [0.15, 0.2) is 42.6 Å². The number of hydrogen-bond acceptors (Lipinski definition) is 3. The topological polar surface area (TPSA) is 95.1 Å². The molecule has 172 valence electrons. The second-order valence-corrected chi connectivity index (χ2v) is 7.70. The SMILES string of the molecule is O=C(O)C(F)(F)F.O=C1NCCc2[nH]c(-c3ccnc(C=Cc4cc(Cl)ccc4Cl)c3)cc21. The summed E-state index contributed by atoms with van der Waals surface area (Å²) in [6.45, 7) is 0.663. The summed E-state index contributed by atoms with van der Waals surface area (Å²) in [5.74, 6) is -2.79. The van der Waals surface area contributed by atoms with E-state index in [0.717, 1.165) is 34.6 Å². The lowest BCUT2D eigenvalue weighted by molar-refractivity contribution is -0.192. The lowest BCUT2D eigenvalue weighted by Crippen LogP contribution is -2.31. The van der Waals surface area contributed by atoms with Crippen molar-refractivity contribution < 1.29 is 27.9 Å². The zero-order chi connectivity index (χ0) is 24.2. The lowest BCUT2D eigenvalue weighted by atomic mass is 10.1. The maximum atomic E-state index is 11.9. The van der Waals surface area contributed by atoms with E-state index in [1.807, 2.05) is 36.4 Å². The molecule has 0 saturated heterocycles. The number of fused-ring (bicyclic) bond motifs is 1. The number of aromatic nitrogens is 2. The Morgan fingerprint density at radius 1 is 1.12 bits per heavy atom. The maximum absolute atomic E-state index is 11.9. The summed E-state index contributed by atoms with van der Waals surface area (Å²) in [5.41, 5.74) is 5.19. The first kappa shape index (κ1) is 24.3. The monoisotopic (exact) mass is 497 g/mol. The third-order valence-corrected chi connectivity index (χ3v) is 5.11. The third kappa shape index (κ3) is 6.36. The highest BCUT2D eigenvalue weighted by atomic mass is 35.5. The average Bonchev–Trinajstić information content (AvgIpc) is 3.20. The van der Waals surface area contributed by atoms with Gasteiger partial charge in [-0.25, -0.2) is 4.79 Å². The van der Waals surface area contributed by atoms with E-state index in [-0.39, 0.29) is 5.91 Å². The van der Waals surface area contributed by atoms with Gasteiger partial charge in [-0.1, -0.05) is 29.3 Å². The van der Waals surface area contributed by atoms with Gasteiger partial charge in [-0.3, -0.25) is 9.78 Å². The summed E-state index contributed by atoms with van der Waals surface area (Å²) >= 11 is 12.2. The third-order valence-electron chi connectivity index (χ3n) is 4.53. The molecule has 1 aliphatic heterocycles. The van der Waals surface area contributed by atoms with Gasteiger partial charge in [0.25, 0.3) is 5.91 Å². The van der Waals surface area contributed by atoms with Crippen molar-refractivity contribution in [3.05, 3.63) is 75.2 Å². The minimum atomic E-state index is -5.08. The minimum absolute atomic E-state index is 0.0291. The predicted molar refractivity (Wildman–Crippen MR) is 119 cm³/mol. The molecule has 0 atom stereocenters. The predicted octanol–water partition coefficient (Wildman–Crippen LogP) is 5.47. The number of aromatic amines is 1. The van der Waals surface area contributed by atoms with E-state index >= 15 is 0 Å². The van der Waals surface area contributed by atoms with Gasteiger partial charge in [0.1, 0.15) is 0 Å². The van der Waals surface area contributed by atoms with Gasteiger partial charge in [0.2, 0.25) is 0 Å². The molecule has 0 spiro atoms. The van der Waals surface area contributed by atoms with Gasteiger partial charge in [0.05, 0.1) is 11.3 Å². The van der Waals surface area contributed by atoms with Gasteiger partial charge in [0, 0.05) is 46.2 Å². The molecule has 0 aliphatic carbocycles. The average molecular weight is 498 g/mol. The van der Waals surface area contributed by atoms with E-state index in [1.165, 1.54) is 0 Å². The number of carboxylic acid groups (broad SMARTS) is 1. The summed E-state index contributed by atoms with van der Waals surface area (Å²) < 4.78 is 31.7. The Hall–Kier alpha value is -3.30. The molecule has 4 rings (SSSR count). The summed E-state index contributed by atoms with van der Waals surface area (Å²) in [7, 11) is 0. The van der Waals surface area contributed by atoms with E-state index in [4.69, 9.17) is 33.1 Å². The van der Waals surface area contributed by atoms with Gasteiger partial charge in [-0.2, -0.15) is 13.2 Å². The highest BCUT2D eigenvalue weighted by Gasteiger charge is 2.38. The second-order valence-electron chi connectivity index (χ2n) is 6.85. The molecule has 3 heterocycles. The van der Waals surface area contributed by atoms with Crippen LogP contribution in [-0.2, 0) is 11.2 Å². The second kappa shape index (κ2) is 10.1. The maximum Gasteiger partial charge on any atom is 0.490 e. The van der Waals surface area contributed by atoms with Crippen LogP contribution in [0.1, 0.15) is 27.3 Å². The molecule has 1 amide bonds. The number of amides is 1. The van der Waals surface area contributed by atoms with E-state index in [9.17, 15) is 18.0 Å². The largest absolute Gasteiger partial charge is 0.490 e. The number of nitrogens with zero attached hydrogens (tertiary/aromatic N) is 1. The smallest absolute Gasteiger partial charge is 0.475 e. The van der Waals surface area contributed by atoms with Crippen LogP contribution < -0.4 is 5.32 Å². The van der Waals surface area contributed by atoms with Crippen LogP contribution >= 0.6 is 23.2 Å². The Morgan fingerprint density at radius 2 is 1.85 bits per heavy atom. The standard InChI is InChI=1S/C20H15Cl2N3O.C2HF3O2/c21-14-2-4-17(22)12(9-14)1-3-15-10-13(5-7-23-15)19-11-16-18(25-19)6-8-24-20(16)26;3-2(4,5)1(6)7/h1-5,7,9-11,25H,6,8H2,(H,24,26);(H,6,7). The summed E-state index contributed by atoms with van der Waals surface area (Å²) in [6, 6.07) is 11.1. The van der Waals surface area contributed by atoms with Crippen LogP contribution in [0, 0.1) is 0 Å². The van der Waals surface area contributed by atoms with Crippen molar-refractivity contribution in [2.75, 3.05) is 6.54 Å². The normalized spacial score (nSPS) is 13.2. The number of H-pyrrole nitrogens is 1. The first-order valence-corrected chi connectivity index (χ1v) is 10.2. The highest BCUT2D eigenvalue weighted by molar-refractivity contribution is 6.34. The van der Waals surface area contributed by atoms with Gasteiger partial charge in [-0.15, -0.1) is 0 Å². The van der Waals surface area contributed by atoms with E-state index < -0.39 is 12.1 Å². The molecule has 1 aliphatic rings. The quantitative estimate of drug-likeness (QED) is 0.446. The molecule has 0 bridgehead atoms. The zero-order valence-electron chi connectivity index (χ0n) is 16.7. The molecule has 0 saturated carbocycles. The molecule has 0 unspecified atom stereocenters. The van der Waals surface area contributed by atoms with E-state index in [1.54, 1.807) is 18.3 Å². The molecule has 2 aromatic heterocycles. The molecule has 3 N–H and O–H groups in total. The molecular formula is C22H16Cl2F3N3O3. The molecule has 1 aromatic carbocycles. The summed E-state index contributed by atoms with van der Waals surface area (Å²) in [5, 5.41) is 11.2. The number of rotatable bonds is 3. The Balaban J connectivity index is 0.000000383. The van der Waals surface area contributed by atoms with Crippen molar-refractivity contribution in [2.24, 2.45) is 0 Å². The Bertz CT molecular complexity index is 1220. The first-order valence-electron chi connectivity index (χ1n) is 9.44. The molecule has 11 heteroatoms. The van der Waals surface area contributed by atoms with Crippen LogP contribution in [0.5, 0.6) is 0 Å². The number of pyridine rings is 1. The highest BCUT2D eigenvalue weighted by Crippen LogP contribution is 2.26. The minimum Gasteiger partial charge on any atom is -0.475 e. The van der Waals surface area contributed by atoms with Crippen molar-refractivity contribution in [1.29, 1.82) is 0 Å². The number of nitrogens with one attached hydrogen (secondary N) is 2. The molecule has 3 aromatic rings. The molecule has 0 radical (unpaired) electrons. The number of halogens is 5. The van der Waals surface area contributed by atoms with Crippen LogP contribution in [0.3, 0.4) is 0 Å². The summed E-state index contributed by atoms with van der Waals surface area (Å²) in [6.07, 6.45) is 1.24. The fourth-order valence-corrected chi connectivity index (χ4v) is 3.33. The molecule has 33 heavy (non-hydrogen) atoms. The number of hydrogen-bond donors (Lipinski definition) is 3. The van der Waals surface area contributed by atoms with Crippen molar-refractivity contribution in [2.45, 2.75) is 12.6 Å². The molecule has 6 nitrogen and oxygen atoms in total. The lowest BCUT2D eigenvalue weighted by Gasteiger charge is -2.10. The Labute approximate surface area is 196 Å². The Kier molecular flexibility index (Phi) is 7.45. The van der Waals surface area contributed by atoms with Crippen molar-refractivity contribution in [3.63, 3.8) is 0 Å². The Morgan fingerprint density at radius 3 is 2.52 bits per heavy atom. The fraction of sp³-hybridized carbons (Fsp3) is 0.136. The van der Waals surface area contributed by atoms with Crippen LogP contribution in [0.25, 0.3) is 23.4 Å². The van der Waals surface area contributed by atoms with Gasteiger partial charge in [0.15, 0.2) is 0 Å². The van der Waals surface area contributed by atoms with Crippen LogP contribution in [-0.4, -0.2) is 39.7 Å². The number of aliphatic carboxylic acids is 1.